The van der Waals surface area contributed by atoms with Gasteiger partial charge in [-0.2, -0.15) is 0 Å². The van der Waals surface area contributed by atoms with Crippen molar-refractivity contribution in [3.05, 3.63) is 0 Å². The lowest BCUT2D eigenvalue weighted by Crippen LogP contribution is -2.42. The molecular formula is C10H14O3. The Morgan fingerprint density at radius 3 is 2.38 bits per heavy atom. The Hall–Kier alpha value is -0.990. The van der Waals surface area contributed by atoms with Gasteiger partial charge >= 0.3 is 0 Å². The molecule has 0 spiro atoms. The van der Waals surface area contributed by atoms with Crippen LogP contribution in [0.5, 0.6) is 0 Å². The second-order valence-electron chi connectivity index (χ2n) is 3.63. The third-order valence-electron chi connectivity index (χ3n) is 2.94. The van der Waals surface area contributed by atoms with Gasteiger partial charge in [0.15, 0.2) is 0 Å². The van der Waals surface area contributed by atoms with Crippen molar-refractivity contribution in [1.29, 1.82) is 0 Å². The van der Waals surface area contributed by atoms with Gasteiger partial charge in [0.1, 0.15) is 17.3 Å². The maximum atomic E-state index is 11.6. The van der Waals surface area contributed by atoms with E-state index < -0.39 is 5.41 Å². The molecule has 0 aromatic carbocycles. The van der Waals surface area contributed by atoms with Gasteiger partial charge in [-0.15, -0.1) is 0 Å². The molecule has 0 aromatic heterocycles. The van der Waals surface area contributed by atoms with Gasteiger partial charge in [-0.1, -0.05) is 6.92 Å². The molecule has 72 valence electrons. The molecule has 1 atom stereocenters. The summed E-state index contributed by atoms with van der Waals surface area (Å²) in [6.07, 6.45) is 1.13. The molecule has 1 aliphatic carbocycles. The van der Waals surface area contributed by atoms with Crippen molar-refractivity contribution in [3.8, 4) is 0 Å². The van der Waals surface area contributed by atoms with E-state index in [1.54, 1.807) is 6.92 Å². The highest BCUT2D eigenvalue weighted by Gasteiger charge is 2.45. The molecule has 0 heterocycles. The van der Waals surface area contributed by atoms with Crippen LogP contribution in [0.15, 0.2) is 0 Å². The van der Waals surface area contributed by atoms with E-state index in [9.17, 15) is 14.4 Å². The number of carbonyl (C=O) groups is 3. The topological polar surface area (TPSA) is 51.2 Å². The first-order valence-corrected chi connectivity index (χ1v) is 4.59. The molecule has 0 N–H and O–H groups in total. The van der Waals surface area contributed by atoms with Crippen LogP contribution >= 0.6 is 0 Å². The quantitative estimate of drug-likeness (QED) is 0.605. The maximum absolute atomic E-state index is 11.6. The fourth-order valence-corrected chi connectivity index (χ4v) is 1.91. The molecule has 1 unspecified atom stereocenters. The Bertz CT molecular complexity index is 267. The van der Waals surface area contributed by atoms with E-state index in [2.05, 4.69) is 0 Å². The minimum Gasteiger partial charge on any atom is -0.300 e. The SMILES string of the molecule is CCC1(C(C)=O)CC(=O)CCC1=O. The van der Waals surface area contributed by atoms with Crippen molar-refractivity contribution in [2.75, 3.05) is 0 Å². The Balaban J connectivity index is 3.00. The third kappa shape index (κ3) is 1.55. The van der Waals surface area contributed by atoms with E-state index in [4.69, 9.17) is 0 Å². The number of carbonyl (C=O) groups excluding carboxylic acids is 3. The molecule has 1 fully saturated rings. The zero-order chi connectivity index (χ0) is 10.1. The molecule has 3 nitrogen and oxygen atoms in total. The van der Waals surface area contributed by atoms with Crippen molar-refractivity contribution in [1.82, 2.24) is 0 Å². The van der Waals surface area contributed by atoms with E-state index in [1.165, 1.54) is 6.92 Å². The summed E-state index contributed by atoms with van der Waals surface area (Å²) in [7, 11) is 0. The highest BCUT2D eigenvalue weighted by Crippen LogP contribution is 2.35. The molecule has 0 saturated heterocycles. The largest absolute Gasteiger partial charge is 0.300 e. The van der Waals surface area contributed by atoms with E-state index >= 15 is 0 Å². The second kappa shape index (κ2) is 3.40. The van der Waals surface area contributed by atoms with Crippen molar-refractivity contribution in [2.45, 2.75) is 39.5 Å². The van der Waals surface area contributed by atoms with E-state index in [0.29, 0.717) is 12.8 Å². The van der Waals surface area contributed by atoms with Gasteiger partial charge in [-0.3, -0.25) is 14.4 Å². The molecular weight excluding hydrogens is 168 g/mol. The van der Waals surface area contributed by atoms with Gasteiger partial charge in [0.2, 0.25) is 0 Å². The van der Waals surface area contributed by atoms with Gasteiger partial charge in [0.25, 0.3) is 0 Å². The van der Waals surface area contributed by atoms with Gasteiger partial charge in [-0.25, -0.2) is 0 Å². The highest BCUT2D eigenvalue weighted by molar-refractivity contribution is 6.11. The Kier molecular flexibility index (Phi) is 2.64. The van der Waals surface area contributed by atoms with Gasteiger partial charge < -0.3 is 0 Å². The number of ketones is 3. The Labute approximate surface area is 77.5 Å². The summed E-state index contributed by atoms with van der Waals surface area (Å²) in [6, 6.07) is 0. The number of hydrogen-bond donors (Lipinski definition) is 0. The minimum atomic E-state index is -0.977. The number of rotatable bonds is 2. The molecule has 1 aliphatic rings. The van der Waals surface area contributed by atoms with E-state index in [-0.39, 0.29) is 30.2 Å². The van der Waals surface area contributed by atoms with Crippen molar-refractivity contribution in [2.24, 2.45) is 5.41 Å². The fraction of sp³-hybridized carbons (Fsp3) is 0.700. The van der Waals surface area contributed by atoms with Crippen molar-refractivity contribution >= 4 is 17.3 Å². The molecule has 0 radical (unpaired) electrons. The summed E-state index contributed by atoms with van der Waals surface area (Å²) >= 11 is 0. The zero-order valence-corrected chi connectivity index (χ0v) is 8.05. The van der Waals surface area contributed by atoms with Gasteiger partial charge in [-0.05, 0) is 13.3 Å². The van der Waals surface area contributed by atoms with Crippen molar-refractivity contribution < 1.29 is 14.4 Å². The summed E-state index contributed by atoms with van der Waals surface area (Å²) in [5, 5.41) is 0. The minimum absolute atomic E-state index is 0.0386. The van der Waals surface area contributed by atoms with Crippen LogP contribution in [0.1, 0.15) is 39.5 Å². The molecule has 0 bridgehead atoms. The third-order valence-corrected chi connectivity index (χ3v) is 2.94. The first kappa shape index (κ1) is 10.1. The van der Waals surface area contributed by atoms with Crippen LogP contribution in [0.25, 0.3) is 0 Å². The fourth-order valence-electron chi connectivity index (χ4n) is 1.91. The summed E-state index contributed by atoms with van der Waals surface area (Å²) in [5.74, 6) is -0.174. The Morgan fingerprint density at radius 2 is 2.00 bits per heavy atom. The highest BCUT2D eigenvalue weighted by atomic mass is 16.2. The molecule has 0 aliphatic heterocycles. The summed E-state index contributed by atoms with van der Waals surface area (Å²) in [5.41, 5.74) is -0.977. The molecule has 0 aromatic rings. The van der Waals surface area contributed by atoms with Crippen LogP contribution in [-0.4, -0.2) is 17.3 Å². The summed E-state index contributed by atoms with van der Waals surface area (Å²) < 4.78 is 0. The van der Waals surface area contributed by atoms with Crippen LogP contribution < -0.4 is 0 Å². The van der Waals surface area contributed by atoms with Gasteiger partial charge in [0.05, 0.1) is 5.41 Å². The first-order chi connectivity index (χ1) is 6.03. The Morgan fingerprint density at radius 1 is 1.38 bits per heavy atom. The molecule has 1 saturated carbocycles. The predicted molar refractivity (Wildman–Crippen MR) is 47.3 cm³/mol. The van der Waals surface area contributed by atoms with Crippen LogP contribution in [0.4, 0.5) is 0 Å². The van der Waals surface area contributed by atoms with Crippen LogP contribution in [0.3, 0.4) is 0 Å². The van der Waals surface area contributed by atoms with Crippen molar-refractivity contribution in [3.63, 3.8) is 0 Å². The lowest BCUT2D eigenvalue weighted by Gasteiger charge is -2.31. The van der Waals surface area contributed by atoms with E-state index in [1.807, 2.05) is 0 Å². The average molecular weight is 182 g/mol. The standard InChI is InChI=1S/C10H14O3/c1-3-10(7(2)11)6-8(12)4-5-9(10)13/h3-6H2,1-2H3. The van der Waals surface area contributed by atoms with E-state index in [0.717, 1.165) is 0 Å². The second-order valence-corrected chi connectivity index (χ2v) is 3.63. The normalized spacial score (nSPS) is 29.1. The summed E-state index contributed by atoms with van der Waals surface area (Å²) in [4.78, 5) is 34.1. The predicted octanol–water partition coefficient (Wildman–Crippen LogP) is 1.29. The molecule has 1 rings (SSSR count). The molecule has 0 amide bonds. The molecule has 3 heteroatoms. The number of hydrogen-bond acceptors (Lipinski definition) is 3. The lowest BCUT2D eigenvalue weighted by atomic mass is 9.68. The van der Waals surface area contributed by atoms with Crippen LogP contribution in [-0.2, 0) is 14.4 Å². The zero-order valence-electron chi connectivity index (χ0n) is 8.05. The lowest BCUT2D eigenvalue weighted by molar-refractivity contribution is -0.147. The molecule has 13 heavy (non-hydrogen) atoms. The monoisotopic (exact) mass is 182 g/mol. The smallest absolute Gasteiger partial charge is 0.147 e. The summed E-state index contributed by atoms with van der Waals surface area (Å²) in [6.45, 7) is 3.19. The number of Topliss-reactive ketones (excluding diaryl/α,β-unsaturated/α-hetero) is 3. The average Bonchev–Trinajstić information content (AvgIpc) is 2.09. The van der Waals surface area contributed by atoms with Crippen LogP contribution in [0, 0.1) is 5.41 Å². The van der Waals surface area contributed by atoms with Gasteiger partial charge in [0, 0.05) is 19.3 Å². The maximum Gasteiger partial charge on any atom is 0.147 e. The van der Waals surface area contributed by atoms with Crippen LogP contribution in [0.2, 0.25) is 0 Å². The first-order valence-electron chi connectivity index (χ1n) is 4.59.